The zero-order valence-electron chi connectivity index (χ0n) is 12.9. The summed E-state index contributed by atoms with van der Waals surface area (Å²) >= 11 is 0. The van der Waals surface area contributed by atoms with Crippen LogP contribution in [0.15, 0.2) is 48.7 Å². The second-order valence-corrected chi connectivity index (χ2v) is 4.94. The summed E-state index contributed by atoms with van der Waals surface area (Å²) in [6, 6.07) is 8.91. The van der Waals surface area contributed by atoms with E-state index >= 15 is 0 Å². The molecule has 0 fully saturated rings. The average molecular weight is 354 g/mol. The standard InChI is InChI=1S/C17H14F4N2O2/c18-14-6-2-1-4-12(14)7-8-15(24)23-10-13-5-3-9-22-16(13)25-11-17(19,20)21/h1-9H,10-11H2,(H,23,24)/b8-7+. The lowest BCUT2D eigenvalue weighted by Gasteiger charge is -2.12. The number of aromatic nitrogens is 1. The van der Waals surface area contributed by atoms with Crippen LogP contribution < -0.4 is 10.1 Å². The lowest BCUT2D eigenvalue weighted by atomic mass is 10.2. The van der Waals surface area contributed by atoms with Crippen molar-refractivity contribution in [2.45, 2.75) is 12.7 Å². The van der Waals surface area contributed by atoms with E-state index in [4.69, 9.17) is 0 Å². The van der Waals surface area contributed by atoms with Crippen molar-refractivity contribution in [1.29, 1.82) is 0 Å². The number of nitrogens with one attached hydrogen (secondary N) is 1. The molecule has 4 nitrogen and oxygen atoms in total. The van der Waals surface area contributed by atoms with E-state index in [2.05, 4.69) is 15.0 Å². The Morgan fingerprint density at radius 2 is 1.96 bits per heavy atom. The Morgan fingerprint density at radius 1 is 1.20 bits per heavy atom. The van der Waals surface area contributed by atoms with Gasteiger partial charge in [0.1, 0.15) is 5.82 Å². The van der Waals surface area contributed by atoms with Gasteiger partial charge in [0.25, 0.3) is 0 Å². The first-order valence-electron chi connectivity index (χ1n) is 7.19. The van der Waals surface area contributed by atoms with E-state index in [1.54, 1.807) is 6.07 Å². The highest BCUT2D eigenvalue weighted by Gasteiger charge is 2.29. The van der Waals surface area contributed by atoms with Gasteiger partial charge < -0.3 is 10.1 Å². The predicted octanol–water partition coefficient (Wildman–Crippen LogP) is 3.49. The molecule has 0 aliphatic heterocycles. The van der Waals surface area contributed by atoms with Gasteiger partial charge in [-0.25, -0.2) is 9.37 Å². The Bertz CT molecular complexity index is 760. The van der Waals surface area contributed by atoms with Gasteiger partial charge in [0.2, 0.25) is 11.8 Å². The van der Waals surface area contributed by atoms with Gasteiger partial charge in [0.05, 0.1) is 0 Å². The van der Waals surface area contributed by atoms with Crippen LogP contribution in [0.2, 0.25) is 0 Å². The third-order valence-electron chi connectivity index (χ3n) is 3.00. The van der Waals surface area contributed by atoms with Gasteiger partial charge in [-0.05, 0) is 18.2 Å². The minimum atomic E-state index is -4.49. The molecule has 25 heavy (non-hydrogen) atoms. The first kappa shape index (κ1) is 18.4. The summed E-state index contributed by atoms with van der Waals surface area (Å²) in [7, 11) is 0. The van der Waals surface area contributed by atoms with Crippen molar-refractivity contribution in [2.24, 2.45) is 0 Å². The van der Waals surface area contributed by atoms with Crippen LogP contribution in [0.5, 0.6) is 5.88 Å². The molecule has 1 aromatic heterocycles. The Labute approximate surface area is 141 Å². The zero-order chi connectivity index (χ0) is 18.3. The topological polar surface area (TPSA) is 51.2 Å². The number of alkyl halides is 3. The summed E-state index contributed by atoms with van der Waals surface area (Å²) in [4.78, 5) is 15.5. The number of halogens is 4. The van der Waals surface area contributed by atoms with Gasteiger partial charge in [0.15, 0.2) is 6.61 Å². The van der Waals surface area contributed by atoms with Crippen LogP contribution >= 0.6 is 0 Å². The number of rotatable bonds is 6. The van der Waals surface area contributed by atoms with Crippen molar-refractivity contribution in [1.82, 2.24) is 10.3 Å². The molecule has 0 aliphatic rings. The molecule has 132 valence electrons. The Hall–Kier alpha value is -2.90. The molecule has 2 rings (SSSR count). The second-order valence-electron chi connectivity index (χ2n) is 4.94. The highest BCUT2D eigenvalue weighted by atomic mass is 19.4. The van der Waals surface area contributed by atoms with Crippen molar-refractivity contribution >= 4 is 12.0 Å². The predicted molar refractivity (Wildman–Crippen MR) is 83.1 cm³/mol. The third-order valence-corrected chi connectivity index (χ3v) is 3.00. The van der Waals surface area contributed by atoms with Gasteiger partial charge in [-0.1, -0.05) is 24.3 Å². The number of nitrogens with zero attached hydrogens (tertiary/aromatic N) is 1. The molecule has 0 aliphatic carbocycles. The molecular formula is C17H14F4N2O2. The fourth-order valence-electron chi connectivity index (χ4n) is 1.86. The largest absolute Gasteiger partial charge is 0.468 e. The Morgan fingerprint density at radius 3 is 2.68 bits per heavy atom. The van der Waals surface area contributed by atoms with E-state index in [0.29, 0.717) is 5.56 Å². The molecule has 1 heterocycles. The van der Waals surface area contributed by atoms with Crippen molar-refractivity contribution in [3.05, 3.63) is 65.6 Å². The Balaban J connectivity index is 1.95. The second kappa shape index (κ2) is 8.27. The molecule has 0 spiro atoms. The summed E-state index contributed by atoms with van der Waals surface area (Å²) < 4.78 is 54.7. The van der Waals surface area contributed by atoms with Gasteiger partial charge in [-0.2, -0.15) is 13.2 Å². The zero-order valence-corrected chi connectivity index (χ0v) is 12.9. The number of carbonyl (C=O) groups is 1. The Kier molecular flexibility index (Phi) is 6.10. The number of ether oxygens (including phenoxy) is 1. The SMILES string of the molecule is O=C(/C=C/c1ccccc1F)NCc1cccnc1OCC(F)(F)F. The molecule has 1 N–H and O–H groups in total. The first-order chi connectivity index (χ1) is 11.8. The highest BCUT2D eigenvalue weighted by molar-refractivity contribution is 5.91. The molecule has 8 heteroatoms. The number of pyridine rings is 1. The van der Waals surface area contributed by atoms with E-state index < -0.39 is 24.5 Å². The highest BCUT2D eigenvalue weighted by Crippen LogP contribution is 2.19. The molecule has 1 aromatic carbocycles. The molecule has 0 radical (unpaired) electrons. The van der Waals surface area contributed by atoms with Crippen LogP contribution in [-0.2, 0) is 11.3 Å². The maximum Gasteiger partial charge on any atom is 0.422 e. The smallest absolute Gasteiger partial charge is 0.422 e. The van der Waals surface area contributed by atoms with Crippen LogP contribution in [0.3, 0.4) is 0 Å². The van der Waals surface area contributed by atoms with Crippen LogP contribution in [0, 0.1) is 5.82 Å². The lowest BCUT2D eigenvalue weighted by Crippen LogP contribution is -2.23. The number of hydrogen-bond acceptors (Lipinski definition) is 3. The van der Waals surface area contributed by atoms with Gasteiger partial charge in [0, 0.05) is 29.9 Å². The summed E-state index contributed by atoms with van der Waals surface area (Å²) in [5.41, 5.74) is 0.535. The maximum atomic E-state index is 13.4. The van der Waals surface area contributed by atoms with Gasteiger partial charge in [-0.15, -0.1) is 0 Å². The van der Waals surface area contributed by atoms with Crippen molar-refractivity contribution in [3.8, 4) is 5.88 Å². The minimum Gasteiger partial charge on any atom is -0.468 e. The quantitative estimate of drug-likeness (QED) is 0.638. The van der Waals surface area contributed by atoms with Crippen molar-refractivity contribution in [3.63, 3.8) is 0 Å². The van der Waals surface area contributed by atoms with E-state index in [0.717, 1.165) is 6.08 Å². The average Bonchev–Trinajstić information content (AvgIpc) is 2.57. The molecule has 0 bridgehead atoms. The molecule has 0 unspecified atom stereocenters. The van der Waals surface area contributed by atoms with Gasteiger partial charge in [-0.3, -0.25) is 4.79 Å². The normalized spacial score (nSPS) is 11.5. The van der Waals surface area contributed by atoms with Crippen LogP contribution in [0.25, 0.3) is 6.08 Å². The molecule has 0 saturated carbocycles. The molecule has 0 atom stereocenters. The number of carbonyl (C=O) groups excluding carboxylic acids is 1. The van der Waals surface area contributed by atoms with Crippen LogP contribution in [0.4, 0.5) is 17.6 Å². The number of benzene rings is 1. The van der Waals surface area contributed by atoms with E-state index in [1.807, 2.05) is 0 Å². The monoisotopic (exact) mass is 354 g/mol. The lowest BCUT2D eigenvalue weighted by molar-refractivity contribution is -0.154. The summed E-state index contributed by atoms with van der Waals surface area (Å²) in [6.07, 6.45) is -0.768. The fraction of sp³-hybridized carbons (Fsp3) is 0.176. The van der Waals surface area contributed by atoms with Crippen molar-refractivity contribution < 1.29 is 27.1 Å². The maximum absolute atomic E-state index is 13.4. The van der Waals surface area contributed by atoms with E-state index in [9.17, 15) is 22.4 Å². The fourth-order valence-corrected chi connectivity index (χ4v) is 1.86. The third kappa shape index (κ3) is 6.25. The van der Waals surface area contributed by atoms with Crippen molar-refractivity contribution in [2.75, 3.05) is 6.61 Å². The summed E-state index contributed by atoms with van der Waals surface area (Å²) in [5, 5.41) is 2.48. The van der Waals surface area contributed by atoms with E-state index in [1.165, 1.54) is 42.6 Å². The first-order valence-corrected chi connectivity index (χ1v) is 7.19. The molecular weight excluding hydrogens is 340 g/mol. The minimum absolute atomic E-state index is 0.0819. The van der Waals surface area contributed by atoms with Crippen LogP contribution in [-0.4, -0.2) is 23.7 Å². The molecule has 2 aromatic rings. The summed E-state index contributed by atoms with van der Waals surface area (Å²) in [5.74, 6) is -1.21. The summed E-state index contributed by atoms with van der Waals surface area (Å²) in [6.45, 7) is -1.56. The number of hydrogen-bond donors (Lipinski definition) is 1. The number of amides is 1. The van der Waals surface area contributed by atoms with Gasteiger partial charge >= 0.3 is 6.18 Å². The van der Waals surface area contributed by atoms with E-state index in [-0.39, 0.29) is 18.0 Å². The molecule has 1 amide bonds. The van der Waals surface area contributed by atoms with Crippen LogP contribution in [0.1, 0.15) is 11.1 Å². The molecule has 0 saturated heterocycles.